The van der Waals surface area contributed by atoms with Crippen molar-refractivity contribution in [1.82, 2.24) is 10.3 Å². The van der Waals surface area contributed by atoms with E-state index in [4.69, 9.17) is 4.74 Å². The first-order valence-corrected chi connectivity index (χ1v) is 10.2. The van der Waals surface area contributed by atoms with Crippen LogP contribution in [0.4, 0.5) is 5.13 Å². The SMILES string of the molecule is CC(OC1CCCCCC1)C(=O)Nc1ncc(C2CCNCC2)s1. The summed E-state index contributed by atoms with van der Waals surface area (Å²) in [6.45, 7) is 3.98. The van der Waals surface area contributed by atoms with Gasteiger partial charge in [-0.2, -0.15) is 0 Å². The molecule has 2 heterocycles. The van der Waals surface area contributed by atoms with Gasteiger partial charge in [-0.05, 0) is 51.6 Å². The molecular weight excluding hydrogens is 322 g/mol. The van der Waals surface area contributed by atoms with Crippen LogP contribution < -0.4 is 10.6 Å². The predicted octanol–water partition coefficient (Wildman–Crippen LogP) is 3.68. The first kappa shape index (κ1) is 17.8. The molecule has 1 saturated carbocycles. The fraction of sp³-hybridized carbons (Fsp3) is 0.778. The Morgan fingerprint density at radius 2 is 1.96 bits per heavy atom. The number of hydrogen-bond acceptors (Lipinski definition) is 5. The number of anilines is 1. The molecule has 0 radical (unpaired) electrons. The minimum Gasteiger partial charge on any atom is -0.365 e. The smallest absolute Gasteiger partial charge is 0.255 e. The lowest BCUT2D eigenvalue weighted by molar-refractivity contribution is -0.130. The summed E-state index contributed by atoms with van der Waals surface area (Å²) in [7, 11) is 0. The molecule has 1 saturated heterocycles. The van der Waals surface area contributed by atoms with E-state index in [1.165, 1.54) is 30.6 Å². The molecule has 5 nitrogen and oxygen atoms in total. The van der Waals surface area contributed by atoms with E-state index in [2.05, 4.69) is 15.6 Å². The van der Waals surface area contributed by atoms with E-state index in [9.17, 15) is 4.79 Å². The first-order chi connectivity index (χ1) is 11.7. The first-order valence-electron chi connectivity index (χ1n) is 9.35. The van der Waals surface area contributed by atoms with E-state index in [-0.39, 0.29) is 12.0 Å². The summed E-state index contributed by atoms with van der Waals surface area (Å²) in [6.07, 6.45) is 11.2. The summed E-state index contributed by atoms with van der Waals surface area (Å²) in [5.41, 5.74) is 0. The maximum Gasteiger partial charge on any atom is 0.255 e. The Labute approximate surface area is 148 Å². The van der Waals surface area contributed by atoms with E-state index in [1.807, 2.05) is 13.1 Å². The number of piperidine rings is 1. The van der Waals surface area contributed by atoms with Gasteiger partial charge in [0.1, 0.15) is 6.10 Å². The van der Waals surface area contributed by atoms with Gasteiger partial charge in [-0.1, -0.05) is 25.7 Å². The van der Waals surface area contributed by atoms with Gasteiger partial charge in [0.15, 0.2) is 5.13 Å². The Balaban J connectivity index is 1.49. The summed E-state index contributed by atoms with van der Waals surface area (Å²) in [5.74, 6) is 0.500. The quantitative estimate of drug-likeness (QED) is 0.795. The van der Waals surface area contributed by atoms with Crippen LogP contribution in [0, 0.1) is 0 Å². The molecule has 1 aliphatic heterocycles. The van der Waals surface area contributed by atoms with E-state index >= 15 is 0 Å². The summed E-state index contributed by atoms with van der Waals surface area (Å²) >= 11 is 1.61. The average molecular weight is 352 g/mol. The number of rotatable bonds is 5. The second-order valence-corrected chi connectivity index (χ2v) is 8.04. The van der Waals surface area contributed by atoms with Gasteiger partial charge < -0.3 is 10.1 Å². The Morgan fingerprint density at radius 1 is 1.25 bits per heavy atom. The molecule has 1 aromatic heterocycles. The fourth-order valence-corrected chi connectivity index (χ4v) is 4.56. The maximum atomic E-state index is 12.4. The Hall–Kier alpha value is -0.980. The zero-order valence-electron chi connectivity index (χ0n) is 14.6. The van der Waals surface area contributed by atoms with Crippen molar-refractivity contribution in [2.75, 3.05) is 18.4 Å². The molecule has 134 valence electrons. The van der Waals surface area contributed by atoms with Crippen LogP contribution in [0.3, 0.4) is 0 Å². The minimum absolute atomic E-state index is 0.0783. The standard InChI is InChI=1S/C18H29N3O2S/c1-13(23-15-6-4-2-3-5-7-15)17(22)21-18-20-12-16(24-18)14-8-10-19-11-9-14/h12-15,19H,2-11H2,1H3,(H,20,21,22). The molecule has 1 aliphatic carbocycles. The van der Waals surface area contributed by atoms with Gasteiger partial charge in [0, 0.05) is 11.1 Å². The van der Waals surface area contributed by atoms with Crippen molar-refractivity contribution in [2.45, 2.75) is 76.4 Å². The highest BCUT2D eigenvalue weighted by Gasteiger charge is 2.22. The van der Waals surface area contributed by atoms with Crippen LogP contribution in [0.2, 0.25) is 0 Å². The van der Waals surface area contributed by atoms with E-state index < -0.39 is 6.10 Å². The molecular formula is C18H29N3O2S. The molecule has 0 bridgehead atoms. The minimum atomic E-state index is -0.417. The van der Waals surface area contributed by atoms with E-state index in [0.29, 0.717) is 11.0 Å². The number of carbonyl (C=O) groups excluding carboxylic acids is 1. The number of amides is 1. The molecule has 24 heavy (non-hydrogen) atoms. The van der Waals surface area contributed by atoms with Gasteiger partial charge in [-0.15, -0.1) is 11.3 Å². The van der Waals surface area contributed by atoms with Gasteiger partial charge in [-0.3, -0.25) is 10.1 Å². The van der Waals surface area contributed by atoms with Crippen molar-refractivity contribution in [1.29, 1.82) is 0 Å². The average Bonchev–Trinajstić information content (AvgIpc) is 2.91. The summed E-state index contributed by atoms with van der Waals surface area (Å²) in [4.78, 5) is 18.0. The van der Waals surface area contributed by atoms with Crippen LogP contribution >= 0.6 is 11.3 Å². The van der Waals surface area contributed by atoms with Gasteiger partial charge in [0.05, 0.1) is 6.10 Å². The van der Waals surface area contributed by atoms with Crippen molar-refractivity contribution in [3.8, 4) is 0 Å². The molecule has 1 atom stereocenters. The number of ether oxygens (including phenoxy) is 1. The van der Waals surface area contributed by atoms with Crippen LogP contribution in [0.25, 0.3) is 0 Å². The van der Waals surface area contributed by atoms with Crippen molar-refractivity contribution in [3.05, 3.63) is 11.1 Å². The lowest BCUT2D eigenvalue weighted by atomic mass is 9.97. The third kappa shape index (κ3) is 5.01. The van der Waals surface area contributed by atoms with Crippen LogP contribution in [-0.4, -0.2) is 36.2 Å². The number of aromatic nitrogens is 1. The molecule has 1 aromatic rings. The molecule has 0 spiro atoms. The van der Waals surface area contributed by atoms with Crippen LogP contribution in [0.15, 0.2) is 6.20 Å². The summed E-state index contributed by atoms with van der Waals surface area (Å²) < 4.78 is 5.98. The number of nitrogens with one attached hydrogen (secondary N) is 2. The molecule has 3 rings (SSSR count). The highest BCUT2D eigenvalue weighted by molar-refractivity contribution is 7.15. The Bertz CT molecular complexity index is 520. The van der Waals surface area contributed by atoms with Gasteiger partial charge in [-0.25, -0.2) is 4.98 Å². The molecule has 6 heteroatoms. The molecule has 2 aliphatic rings. The van der Waals surface area contributed by atoms with Crippen molar-refractivity contribution in [3.63, 3.8) is 0 Å². The second kappa shape index (κ2) is 8.92. The normalized spacial score (nSPS) is 22.0. The highest BCUT2D eigenvalue weighted by atomic mass is 32.1. The number of carbonyl (C=O) groups is 1. The van der Waals surface area contributed by atoms with Crippen molar-refractivity contribution < 1.29 is 9.53 Å². The number of nitrogens with zero attached hydrogens (tertiary/aromatic N) is 1. The lowest BCUT2D eigenvalue weighted by Crippen LogP contribution is -2.31. The van der Waals surface area contributed by atoms with Crippen LogP contribution in [0.5, 0.6) is 0 Å². The van der Waals surface area contributed by atoms with Gasteiger partial charge in [0.25, 0.3) is 5.91 Å². The topological polar surface area (TPSA) is 63.2 Å². The zero-order chi connectivity index (χ0) is 16.8. The Kier molecular flexibility index (Phi) is 6.63. The highest BCUT2D eigenvalue weighted by Crippen LogP contribution is 2.31. The molecule has 2 N–H and O–H groups in total. The third-order valence-corrected chi connectivity index (χ3v) is 6.14. The van der Waals surface area contributed by atoms with E-state index in [0.717, 1.165) is 38.8 Å². The van der Waals surface area contributed by atoms with E-state index in [1.54, 1.807) is 11.3 Å². The number of hydrogen-bond donors (Lipinski definition) is 2. The largest absolute Gasteiger partial charge is 0.365 e. The second-order valence-electron chi connectivity index (χ2n) is 6.97. The predicted molar refractivity (Wildman–Crippen MR) is 97.6 cm³/mol. The lowest BCUT2D eigenvalue weighted by Gasteiger charge is -2.21. The molecule has 1 amide bonds. The third-order valence-electron chi connectivity index (χ3n) is 5.06. The monoisotopic (exact) mass is 351 g/mol. The van der Waals surface area contributed by atoms with Crippen LogP contribution in [-0.2, 0) is 9.53 Å². The molecule has 1 unspecified atom stereocenters. The summed E-state index contributed by atoms with van der Waals surface area (Å²) in [6, 6.07) is 0. The molecule has 0 aromatic carbocycles. The maximum absolute atomic E-state index is 12.4. The van der Waals surface area contributed by atoms with Crippen molar-refractivity contribution >= 4 is 22.4 Å². The fourth-order valence-electron chi connectivity index (χ4n) is 3.58. The number of thiazole rings is 1. The molecule has 2 fully saturated rings. The van der Waals surface area contributed by atoms with Crippen molar-refractivity contribution in [2.24, 2.45) is 0 Å². The zero-order valence-corrected chi connectivity index (χ0v) is 15.4. The van der Waals surface area contributed by atoms with Crippen LogP contribution in [0.1, 0.15) is 69.1 Å². The Morgan fingerprint density at radius 3 is 2.67 bits per heavy atom. The van der Waals surface area contributed by atoms with Gasteiger partial charge >= 0.3 is 0 Å². The van der Waals surface area contributed by atoms with Gasteiger partial charge in [0.2, 0.25) is 0 Å². The summed E-state index contributed by atoms with van der Waals surface area (Å²) in [5, 5.41) is 7.01.